The molecule has 0 aliphatic rings. The molecule has 0 saturated heterocycles. The van der Waals surface area contributed by atoms with Crippen LogP contribution >= 0.6 is 0 Å². The predicted molar refractivity (Wildman–Crippen MR) is 196 cm³/mol. The minimum absolute atomic E-state index is 0. The molecule has 0 unspecified atom stereocenters. The van der Waals surface area contributed by atoms with Gasteiger partial charge in [0.25, 0.3) is 11.8 Å². The third-order valence-electron chi connectivity index (χ3n) is 6.67. The van der Waals surface area contributed by atoms with Crippen LogP contribution < -0.4 is 59.4 Å². The number of ether oxygens (including phenoxy) is 5. The molecule has 0 saturated carbocycles. The van der Waals surface area contributed by atoms with Gasteiger partial charge in [-0.1, -0.05) is 19.6 Å². The van der Waals surface area contributed by atoms with Crippen molar-refractivity contribution >= 4 is 36.2 Å². The van der Waals surface area contributed by atoms with E-state index in [4.69, 9.17) is 24.1 Å². The number of nitrogens with zero attached hydrogens (tertiary/aromatic N) is 2. The number of hydrazone groups is 2. The van der Waals surface area contributed by atoms with E-state index in [9.17, 15) is 19.2 Å². The quantitative estimate of drug-likeness (QED) is 0.0751. The smallest absolute Gasteiger partial charge is 0.496 e. The number of rotatable bonds is 14. The van der Waals surface area contributed by atoms with Crippen LogP contribution in [0.3, 0.4) is 0 Å². The van der Waals surface area contributed by atoms with Crippen LogP contribution in [0.1, 0.15) is 50.4 Å². The molecular formula is C38H42N4NaO10+. The van der Waals surface area contributed by atoms with Crippen molar-refractivity contribution in [2.24, 2.45) is 10.2 Å². The van der Waals surface area contributed by atoms with Crippen molar-refractivity contribution in [3.05, 3.63) is 118 Å². The van der Waals surface area contributed by atoms with Gasteiger partial charge in [-0.2, -0.15) is 10.2 Å². The molecule has 0 aliphatic heterocycles. The number of benzene rings is 4. The fourth-order valence-electron chi connectivity index (χ4n) is 4.07. The van der Waals surface area contributed by atoms with Crippen LogP contribution in [0, 0.1) is 13.8 Å². The molecule has 0 radical (unpaired) electrons. The third kappa shape index (κ3) is 15.6. The molecule has 4 aromatic carbocycles. The Morgan fingerprint density at radius 1 is 0.642 bits per heavy atom. The first-order chi connectivity index (χ1) is 24.5. The summed E-state index contributed by atoms with van der Waals surface area (Å²) in [5, 5.41) is 16.4. The van der Waals surface area contributed by atoms with E-state index < -0.39 is 18.5 Å². The van der Waals surface area contributed by atoms with Crippen molar-refractivity contribution in [3.63, 3.8) is 0 Å². The number of amides is 2. The van der Waals surface area contributed by atoms with Gasteiger partial charge in [-0.3, -0.25) is 9.59 Å². The van der Waals surface area contributed by atoms with Crippen LogP contribution in [0.2, 0.25) is 0 Å². The maximum Gasteiger partial charge on any atom is 1.00 e. The molecule has 0 aliphatic carbocycles. The van der Waals surface area contributed by atoms with E-state index in [0.717, 1.165) is 22.3 Å². The number of carbonyl (C=O) groups is 4. The summed E-state index contributed by atoms with van der Waals surface area (Å²) in [6, 6.07) is 24.1. The Morgan fingerprint density at radius 3 is 1.40 bits per heavy atom. The molecule has 14 nitrogen and oxygen atoms in total. The normalized spacial score (nSPS) is 10.1. The number of methoxy groups -OCH3 is 3. The molecule has 274 valence electrons. The fraction of sp³-hybridized carbons (Fsp3) is 0.211. The average molecular weight is 738 g/mol. The van der Waals surface area contributed by atoms with E-state index in [1.165, 1.54) is 33.8 Å². The van der Waals surface area contributed by atoms with Crippen LogP contribution in [-0.4, -0.2) is 75.8 Å². The second-order valence-corrected chi connectivity index (χ2v) is 10.5. The third-order valence-corrected chi connectivity index (χ3v) is 6.67. The Balaban J connectivity index is 0.000000511. The molecule has 4 rings (SSSR count). The molecule has 0 aromatic heterocycles. The van der Waals surface area contributed by atoms with E-state index in [1.807, 2.05) is 26.0 Å². The topological polar surface area (TPSA) is 183 Å². The van der Waals surface area contributed by atoms with E-state index in [0.29, 0.717) is 34.1 Å². The number of carbonyl (C=O) groups excluding carboxylic acids is 3. The number of esters is 1. The summed E-state index contributed by atoms with van der Waals surface area (Å²) in [5.74, 6) is -0.304. The van der Waals surface area contributed by atoms with Crippen molar-refractivity contribution in [2.45, 2.75) is 21.3 Å². The predicted octanol–water partition coefficient (Wildman–Crippen LogP) is 2.19. The Bertz CT molecular complexity index is 1860. The Hall–Kier alpha value is -5.70. The number of nitrogens with one attached hydrogen (secondary N) is 2. The van der Waals surface area contributed by atoms with Gasteiger partial charge in [0.1, 0.15) is 23.0 Å². The molecule has 0 atom stereocenters. The molecule has 15 heteroatoms. The number of aryl methyl sites for hydroxylation is 2. The molecule has 0 fully saturated rings. The number of aliphatic carboxylic acids is 1. The molecule has 0 bridgehead atoms. The van der Waals surface area contributed by atoms with Crippen molar-refractivity contribution < 1.29 is 77.5 Å². The maximum atomic E-state index is 12.2. The number of hydrogen-bond donors (Lipinski definition) is 3. The molecular weight excluding hydrogens is 695 g/mol. The van der Waals surface area contributed by atoms with Gasteiger partial charge in [-0.25, -0.2) is 20.4 Å². The van der Waals surface area contributed by atoms with Gasteiger partial charge < -0.3 is 28.8 Å². The van der Waals surface area contributed by atoms with E-state index in [2.05, 4.69) is 25.8 Å². The average Bonchev–Trinajstić information content (AvgIpc) is 3.13. The molecule has 53 heavy (non-hydrogen) atoms. The van der Waals surface area contributed by atoms with Crippen LogP contribution in [0.5, 0.6) is 23.0 Å². The van der Waals surface area contributed by atoms with E-state index in [1.54, 1.807) is 72.8 Å². The van der Waals surface area contributed by atoms with Crippen LogP contribution in [0.4, 0.5) is 0 Å². The van der Waals surface area contributed by atoms with Crippen LogP contribution in [-0.2, 0) is 14.3 Å². The zero-order chi connectivity index (χ0) is 37.2. The summed E-state index contributed by atoms with van der Waals surface area (Å²) in [4.78, 5) is 45.8. The van der Waals surface area contributed by atoms with Crippen molar-refractivity contribution in [2.75, 3.05) is 34.5 Å². The Morgan fingerprint density at radius 2 is 1.04 bits per heavy atom. The second kappa shape index (κ2) is 23.7. The van der Waals surface area contributed by atoms with E-state index in [-0.39, 0.29) is 55.4 Å². The number of carboxylic acids is 1. The van der Waals surface area contributed by atoms with Crippen LogP contribution in [0.15, 0.2) is 95.1 Å². The van der Waals surface area contributed by atoms with Gasteiger partial charge >= 0.3 is 41.5 Å². The van der Waals surface area contributed by atoms with Crippen molar-refractivity contribution in [1.82, 2.24) is 10.9 Å². The minimum atomic E-state index is -1.04. The molecule has 3 N–H and O–H groups in total. The number of carboxylic acid groups (broad SMARTS) is 1. The monoisotopic (exact) mass is 737 g/mol. The zero-order valence-corrected chi connectivity index (χ0v) is 31.7. The first-order valence-electron chi connectivity index (χ1n) is 15.2. The van der Waals surface area contributed by atoms with Gasteiger partial charge in [0.2, 0.25) is 0 Å². The Labute approximate surface area is 330 Å². The summed E-state index contributed by atoms with van der Waals surface area (Å²) in [7, 11) is 4.31. The molecule has 0 spiro atoms. The van der Waals surface area contributed by atoms with Crippen molar-refractivity contribution in [1.29, 1.82) is 0 Å². The van der Waals surface area contributed by atoms with Gasteiger partial charge in [0, 0.05) is 0 Å². The Kier molecular flexibility index (Phi) is 20.3. The summed E-state index contributed by atoms with van der Waals surface area (Å²) in [6.45, 7) is 3.27. The number of hydrogen-bond acceptors (Lipinski definition) is 11. The second-order valence-electron chi connectivity index (χ2n) is 10.5. The van der Waals surface area contributed by atoms with Gasteiger partial charge in [-0.15, -0.1) is 0 Å². The minimum Gasteiger partial charge on any atom is -0.496 e. The first-order valence-corrected chi connectivity index (χ1v) is 15.2. The SMILES string of the molecule is C.COC(=O)COc1ccc(/C=N/NC(=O)c2ccc(C)cc2OC)cc1.COc1cc(C)ccc1C(=O)N/N=C/c1ccc(OCC(=O)O)cc1.[Na+]. The largest absolute Gasteiger partial charge is 1.00 e. The fourth-order valence-corrected chi connectivity index (χ4v) is 4.07. The first kappa shape index (κ1) is 45.3. The summed E-state index contributed by atoms with van der Waals surface area (Å²) < 4.78 is 25.2. The summed E-state index contributed by atoms with van der Waals surface area (Å²) in [6.07, 6.45) is 2.97. The van der Waals surface area contributed by atoms with Gasteiger partial charge in [0.15, 0.2) is 13.2 Å². The van der Waals surface area contributed by atoms with Crippen molar-refractivity contribution in [3.8, 4) is 23.0 Å². The van der Waals surface area contributed by atoms with Gasteiger partial charge in [-0.05, 0) is 109 Å². The van der Waals surface area contributed by atoms with Crippen LogP contribution in [0.25, 0.3) is 0 Å². The summed E-state index contributed by atoms with van der Waals surface area (Å²) in [5.41, 5.74) is 9.16. The summed E-state index contributed by atoms with van der Waals surface area (Å²) >= 11 is 0. The maximum absolute atomic E-state index is 12.2. The zero-order valence-electron chi connectivity index (χ0n) is 29.7. The molecule has 0 heterocycles. The van der Waals surface area contributed by atoms with E-state index >= 15 is 0 Å². The standard InChI is InChI=1S/C19H20N2O5.C18H18N2O5.CH4.Na/c1-13-4-9-16(17(10-13)24-2)19(23)21-20-11-14-5-7-15(8-6-14)26-12-18(22)25-3;1-12-3-8-15(16(9-12)24-2)18(23)20-19-10-13-4-6-14(7-5-13)25-11-17(21)22;;/h4-11H,12H2,1-3H3,(H,21,23);3-10H,11H2,1-2H3,(H,20,23)(H,21,22);1H4;/q;;;+1/b20-11+;19-10+;;. The molecule has 2 amide bonds. The molecule has 4 aromatic rings. The van der Waals surface area contributed by atoms with Gasteiger partial charge in [0.05, 0.1) is 44.9 Å².